The number of anilines is 2. The number of carbonyl (C=O) groups excluding carboxylic acids is 2. The average Bonchev–Trinajstić information content (AvgIpc) is 2.78. The third-order valence-electron chi connectivity index (χ3n) is 4.59. The minimum atomic E-state index is -0.347. The van der Waals surface area contributed by atoms with Crippen molar-refractivity contribution in [2.75, 3.05) is 17.3 Å². The quantitative estimate of drug-likeness (QED) is 0.645. The second-order valence-electron chi connectivity index (χ2n) is 6.58. The molecular formula is C22H17ClN2O3. The lowest BCUT2D eigenvalue weighted by atomic mass is 10.1. The summed E-state index contributed by atoms with van der Waals surface area (Å²) in [4.78, 5) is 27.0. The van der Waals surface area contributed by atoms with Crippen LogP contribution < -0.4 is 15.0 Å². The Labute approximate surface area is 167 Å². The Morgan fingerprint density at radius 2 is 1.79 bits per heavy atom. The lowest BCUT2D eigenvalue weighted by Gasteiger charge is -2.16. The highest BCUT2D eigenvalue weighted by Gasteiger charge is 2.26. The molecular weight excluding hydrogens is 376 g/mol. The van der Waals surface area contributed by atoms with Crippen LogP contribution in [0.5, 0.6) is 11.5 Å². The minimum absolute atomic E-state index is 0.215. The van der Waals surface area contributed by atoms with Crippen molar-refractivity contribution in [3.63, 3.8) is 0 Å². The number of fused-ring (bicyclic) bond motifs is 2. The van der Waals surface area contributed by atoms with Crippen molar-refractivity contribution in [2.45, 2.75) is 6.92 Å². The van der Waals surface area contributed by atoms with E-state index >= 15 is 0 Å². The molecule has 0 aliphatic carbocycles. The minimum Gasteiger partial charge on any atom is -0.454 e. The van der Waals surface area contributed by atoms with Gasteiger partial charge in [0.15, 0.2) is 5.75 Å². The van der Waals surface area contributed by atoms with Crippen LogP contribution in [0.4, 0.5) is 11.4 Å². The molecule has 0 saturated carbocycles. The van der Waals surface area contributed by atoms with Crippen LogP contribution in [0.15, 0.2) is 60.7 Å². The van der Waals surface area contributed by atoms with Gasteiger partial charge in [0.1, 0.15) is 5.75 Å². The second kappa shape index (κ2) is 7.02. The third-order valence-corrected chi connectivity index (χ3v) is 4.92. The molecule has 0 radical (unpaired) electrons. The molecule has 0 aromatic heterocycles. The van der Waals surface area contributed by atoms with Gasteiger partial charge in [0.2, 0.25) is 0 Å². The van der Waals surface area contributed by atoms with Crippen molar-refractivity contribution >= 4 is 34.8 Å². The van der Waals surface area contributed by atoms with E-state index in [1.807, 2.05) is 25.1 Å². The molecule has 3 aromatic carbocycles. The number of nitrogens with zero attached hydrogens (tertiary/aromatic N) is 1. The third kappa shape index (κ3) is 3.21. The van der Waals surface area contributed by atoms with E-state index in [1.165, 1.54) is 0 Å². The van der Waals surface area contributed by atoms with Gasteiger partial charge in [-0.05, 0) is 55.0 Å². The zero-order valence-electron chi connectivity index (χ0n) is 15.3. The van der Waals surface area contributed by atoms with Gasteiger partial charge in [0.25, 0.3) is 11.8 Å². The van der Waals surface area contributed by atoms with Gasteiger partial charge in [-0.3, -0.25) is 9.59 Å². The first-order valence-electron chi connectivity index (χ1n) is 8.70. The molecule has 0 saturated heterocycles. The monoisotopic (exact) mass is 392 g/mol. The standard InChI is InChI=1S/C22H17ClN2O3/c1-13-7-9-20-18(11-13)25(2)22(27)16-12-14(8-10-19(16)28-20)24-21(26)15-5-3-4-6-17(15)23/h3-12H,1-2H3,(H,24,26). The van der Waals surface area contributed by atoms with Crippen molar-refractivity contribution in [1.82, 2.24) is 0 Å². The zero-order valence-corrected chi connectivity index (χ0v) is 16.1. The van der Waals surface area contributed by atoms with E-state index in [1.54, 1.807) is 54.4 Å². The van der Waals surface area contributed by atoms with E-state index in [-0.39, 0.29) is 11.8 Å². The van der Waals surface area contributed by atoms with Crippen LogP contribution in [0.25, 0.3) is 0 Å². The number of amides is 2. The fraction of sp³-hybridized carbons (Fsp3) is 0.0909. The van der Waals surface area contributed by atoms with Crippen molar-refractivity contribution < 1.29 is 14.3 Å². The lowest BCUT2D eigenvalue weighted by molar-refractivity contribution is 0.0990. The molecule has 1 aliphatic rings. The number of rotatable bonds is 2. The van der Waals surface area contributed by atoms with Gasteiger partial charge in [-0.25, -0.2) is 0 Å². The van der Waals surface area contributed by atoms with Crippen LogP contribution in [-0.2, 0) is 0 Å². The number of carbonyl (C=O) groups is 2. The highest BCUT2D eigenvalue weighted by molar-refractivity contribution is 6.34. The SMILES string of the molecule is Cc1ccc2c(c1)N(C)C(=O)c1cc(NC(=O)c3ccccc3Cl)ccc1O2. The summed E-state index contributed by atoms with van der Waals surface area (Å²) in [6.45, 7) is 1.96. The summed E-state index contributed by atoms with van der Waals surface area (Å²) < 4.78 is 5.97. The predicted molar refractivity (Wildman–Crippen MR) is 110 cm³/mol. The summed E-state index contributed by atoms with van der Waals surface area (Å²) in [5.41, 5.74) is 2.94. The molecule has 3 aromatic rings. The van der Waals surface area contributed by atoms with Crippen LogP contribution in [0.2, 0.25) is 5.02 Å². The Morgan fingerprint density at radius 1 is 1.04 bits per heavy atom. The number of aryl methyl sites for hydroxylation is 1. The van der Waals surface area contributed by atoms with Gasteiger partial charge in [0, 0.05) is 12.7 Å². The van der Waals surface area contributed by atoms with E-state index in [0.29, 0.717) is 39.0 Å². The van der Waals surface area contributed by atoms with Gasteiger partial charge in [-0.15, -0.1) is 0 Å². The van der Waals surface area contributed by atoms with Crippen molar-refractivity contribution in [1.29, 1.82) is 0 Å². The molecule has 5 nitrogen and oxygen atoms in total. The molecule has 0 fully saturated rings. The first-order chi connectivity index (χ1) is 13.4. The van der Waals surface area contributed by atoms with Gasteiger partial charge in [0.05, 0.1) is 21.8 Å². The van der Waals surface area contributed by atoms with Crippen molar-refractivity contribution in [3.05, 3.63) is 82.4 Å². The Balaban J connectivity index is 1.68. The summed E-state index contributed by atoms with van der Waals surface area (Å²) in [6.07, 6.45) is 0. The van der Waals surface area contributed by atoms with Gasteiger partial charge in [-0.1, -0.05) is 29.8 Å². The van der Waals surface area contributed by atoms with Gasteiger partial charge in [-0.2, -0.15) is 0 Å². The van der Waals surface area contributed by atoms with Crippen LogP contribution in [0.3, 0.4) is 0 Å². The van der Waals surface area contributed by atoms with Crippen LogP contribution in [0, 0.1) is 6.92 Å². The number of halogens is 1. The number of ether oxygens (including phenoxy) is 1. The van der Waals surface area contributed by atoms with E-state index in [9.17, 15) is 9.59 Å². The predicted octanol–water partition coefficient (Wildman–Crippen LogP) is 5.28. The largest absolute Gasteiger partial charge is 0.454 e. The molecule has 0 bridgehead atoms. The molecule has 0 unspecified atom stereocenters. The summed E-state index contributed by atoms with van der Waals surface area (Å²) in [5, 5.41) is 3.15. The topological polar surface area (TPSA) is 58.6 Å². The number of hydrogen-bond donors (Lipinski definition) is 1. The maximum Gasteiger partial charge on any atom is 0.261 e. The fourth-order valence-corrected chi connectivity index (χ4v) is 3.31. The van der Waals surface area contributed by atoms with E-state index < -0.39 is 0 Å². The molecule has 28 heavy (non-hydrogen) atoms. The first kappa shape index (κ1) is 18.1. The molecule has 1 heterocycles. The molecule has 2 amide bonds. The smallest absolute Gasteiger partial charge is 0.261 e. The Hall–Kier alpha value is -3.31. The average molecular weight is 393 g/mol. The zero-order chi connectivity index (χ0) is 19.8. The molecule has 1 aliphatic heterocycles. The summed E-state index contributed by atoms with van der Waals surface area (Å²) in [7, 11) is 1.70. The maximum absolute atomic E-state index is 13.0. The summed E-state index contributed by atoms with van der Waals surface area (Å²) in [6, 6.07) is 17.5. The van der Waals surface area contributed by atoms with Gasteiger partial charge < -0.3 is 15.0 Å². The summed E-state index contributed by atoms with van der Waals surface area (Å²) in [5.74, 6) is 0.483. The molecule has 6 heteroatoms. The second-order valence-corrected chi connectivity index (χ2v) is 6.99. The van der Waals surface area contributed by atoms with E-state index in [2.05, 4.69) is 5.32 Å². The van der Waals surface area contributed by atoms with Crippen LogP contribution in [-0.4, -0.2) is 18.9 Å². The molecule has 4 rings (SSSR count). The lowest BCUT2D eigenvalue weighted by Crippen LogP contribution is -2.25. The molecule has 1 N–H and O–H groups in total. The maximum atomic E-state index is 13.0. The number of hydrogen-bond acceptors (Lipinski definition) is 3. The Kier molecular flexibility index (Phi) is 4.53. The molecule has 0 atom stereocenters. The normalized spacial score (nSPS) is 12.5. The highest BCUT2D eigenvalue weighted by atomic mass is 35.5. The highest BCUT2D eigenvalue weighted by Crippen LogP contribution is 2.39. The fourth-order valence-electron chi connectivity index (χ4n) is 3.09. The van der Waals surface area contributed by atoms with E-state index in [0.717, 1.165) is 5.56 Å². The van der Waals surface area contributed by atoms with Crippen molar-refractivity contribution in [3.8, 4) is 11.5 Å². The Bertz CT molecular complexity index is 1110. The summed E-state index contributed by atoms with van der Waals surface area (Å²) >= 11 is 6.09. The molecule has 140 valence electrons. The van der Waals surface area contributed by atoms with Crippen molar-refractivity contribution in [2.24, 2.45) is 0 Å². The first-order valence-corrected chi connectivity index (χ1v) is 9.08. The number of benzene rings is 3. The molecule has 0 spiro atoms. The van der Waals surface area contributed by atoms with E-state index in [4.69, 9.17) is 16.3 Å². The van der Waals surface area contributed by atoms with Gasteiger partial charge >= 0.3 is 0 Å². The number of nitrogens with one attached hydrogen (secondary N) is 1. The van der Waals surface area contributed by atoms with Crippen LogP contribution in [0.1, 0.15) is 26.3 Å². The van der Waals surface area contributed by atoms with Crippen LogP contribution >= 0.6 is 11.6 Å². The Morgan fingerprint density at radius 3 is 2.57 bits per heavy atom.